The molecule has 2 fully saturated rings. The molecule has 0 aliphatic carbocycles. The largest absolute Gasteiger partial charge is 0.412 e. The molecule has 3 aromatic carbocycles. The number of likely N-dealkylation sites (tertiary alicyclic amines) is 2. The summed E-state index contributed by atoms with van der Waals surface area (Å²) in [6, 6.07) is 14.8. The first kappa shape index (κ1) is 35.8. The van der Waals surface area contributed by atoms with E-state index in [0.717, 1.165) is 6.26 Å². The average molecular weight is 719 g/mol. The van der Waals surface area contributed by atoms with Crippen molar-refractivity contribution in [2.45, 2.75) is 61.6 Å². The lowest BCUT2D eigenvalue weighted by molar-refractivity contribution is -0.155. The number of piperidine rings is 1. The van der Waals surface area contributed by atoms with Crippen molar-refractivity contribution in [2.75, 3.05) is 32.4 Å². The van der Waals surface area contributed by atoms with E-state index in [1.165, 1.54) is 42.5 Å². The molecule has 0 bridgehead atoms. The van der Waals surface area contributed by atoms with Crippen molar-refractivity contribution in [3.05, 3.63) is 95.1 Å². The van der Waals surface area contributed by atoms with Crippen LogP contribution in [-0.4, -0.2) is 79.7 Å². The van der Waals surface area contributed by atoms with Crippen LogP contribution in [0, 0.1) is 0 Å². The molecule has 50 heavy (non-hydrogen) atoms. The second-order valence-corrected chi connectivity index (χ2v) is 15.1. The van der Waals surface area contributed by atoms with Gasteiger partial charge in [-0.1, -0.05) is 48.5 Å². The van der Waals surface area contributed by atoms with Crippen molar-refractivity contribution >= 4 is 26.6 Å². The highest BCUT2D eigenvalue weighted by Crippen LogP contribution is 2.37. The van der Waals surface area contributed by atoms with Crippen LogP contribution in [0.25, 0.3) is 22.2 Å². The lowest BCUT2D eigenvalue weighted by atomic mass is 9.93. The van der Waals surface area contributed by atoms with E-state index in [0.29, 0.717) is 37.1 Å². The number of hydrogen-bond acceptors (Lipinski definition) is 6. The van der Waals surface area contributed by atoms with E-state index in [4.69, 9.17) is 4.98 Å². The zero-order chi connectivity index (χ0) is 35.8. The Kier molecular flexibility index (Phi) is 9.99. The molecule has 7 nitrogen and oxygen atoms in total. The van der Waals surface area contributed by atoms with E-state index in [9.17, 15) is 39.6 Å². The van der Waals surface area contributed by atoms with Crippen molar-refractivity contribution in [1.29, 1.82) is 0 Å². The molecule has 3 heterocycles. The highest BCUT2D eigenvalue weighted by Gasteiger charge is 2.43. The fraction of sp³-hybridized carbons (Fsp3) is 0.389. The number of carbonyl (C=O) groups is 1. The van der Waals surface area contributed by atoms with E-state index in [1.807, 2.05) is 4.90 Å². The SMILES string of the molecule is CS(=O)(=O)c1ccc2nc(-c3cccc(CF)c3)c(CN3CCC(N4CCC(F)(F)C4)CC3)c(C(=O)N[C@H](c3ccccc3)C(F)(F)F)c2c1. The number of hydrogen-bond donors (Lipinski definition) is 1. The molecule has 1 atom stereocenters. The molecule has 14 heteroatoms. The lowest BCUT2D eigenvalue weighted by Crippen LogP contribution is -2.44. The molecule has 0 spiro atoms. The number of alkyl halides is 6. The van der Waals surface area contributed by atoms with Crippen LogP contribution in [0.4, 0.5) is 26.3 Å². The number of benzene rings is 3. The summed E-state index contributed by atoms with van der Waals surface area (Å²) < 4.78 is 111. The first-order valence-electron chi connectivity index (χ1n) is 16.2. The molecular formula is C36H36F6N4O3S. The van der Waals surface area contributed by atoms with E-state index in [1.54, 1.807) is 35.2 Å². The van der Waals surface area contributed by atoms with Gasteiger partial charge in [-0.05, 0) is 61.3 Å². The van der Waals surface area contributed by atoms with E-state index >= 15 is 0 Å². The molecule has 1 N–H and O–H groups in total. The van der Waals surface area contributed by atoms with Gasteiger partial charge in [0.25, 0.3) is 11.8 Å². The molecule has 0 saturated carbocycles. The van der Waals surface area contributed by atoms with Crippen LogP contribution in [-0.2, 0) is 23.1 Å². The number of sulfone groups is 1. The zero-order valence-corrected chi connectivity index (χ0v) is 28.0. The van der Waals surface area contributed by atoms with Gasteiger partial charge < -0.3 is 5.32 Å². The molecule has 2 aliphatic heterocycles. The van der Waals surface area contributed by atoms with Gasteiger partial charge in [-0.25, -0.2) is 26.6 Å². The first-order chi connectivity index (χ1) is 23.6. The Hall–Kier alpha value is -4.01. The van der Waals surface area contributed by atoms with Crippen molar-refractivity contribution in [3.8, 4) is 11.3 Å². The highest BCUT2D eigenvalue weighted by atomic mass is 32.2. The van der Waals surface area contributed by atoms with Crippen molar-refractivity contribution in [2.24, 2.45) is 0 Å². The minimum atomic E-state index is -4.88. The number of aromatic nitrogens is 1. The molecule has 0 radical (unpaired) electrons. The van der Waals surface area contributed by atoms with Crippen LogP contribution in [0.5, 0.6) is 0 Å². The van der Waals surface area contributed by atoms with Gasteiger partial charge in [0.05, 0.1) is 28.2 Å². The minimum absolute atomic E-state index is 0.0227. The number of halogens is 6. The van der Waals surface area contributed by atoms with Crippen LogP contribution in [0.3, 0.4) is 0 Å². The third-order valence-corrected chi connectivity index (χ3v) is 10.6. The maximum Gasteiger partial charge on any atom is 0.412 e. The van der Waals surface area contributed by atoms with Crippen molar-refractivity contribution in [3.63, 3.8) is 0 Å². The number of pyridine rings is 1. The van der Waals surface area contributed by atoms with Gasteiger partial charge in [0.1, 0.15) is 6.67 Å². The third kappa shape index (κ3) is 7.82. The number of nitrogens with one attached hydrogen (secondary N) is 1. The molecule has 2 aliphatic rings. The Balaban J connectivity index is 1.49. The maximum atomic E-state index is 14.5. The van der Waals surface area contributed by atoms with Crippen LogP contribution in [0.1, 0.15) is 52.4 Å². The van der Waals surface area contributed by atoms with Crippen LogP contribution in [0.15, 0.2) is 77.7 Å². The number of amides is 1. The van der Waals surface area contributed by atoms with Gasteiger partial charge in [-0.2, -0.15) is 13.2 Å². The van der Waals surface area contributed by atoms with Crippen LogP contribution >= 0.6 is 0 Å². The molecule has 266 valence electrons. The molecule has 0 unspecified atom stereocenters. The summed E-state index contributed by atoms with van der Waals surface area (Å²) in [7, 11) is -3.81. The van der Waals surface area contributed by atoms with Gasteiger partial charge >= 0.3 is 6.18 Å². The predicted molar refractivity (Wildman–Crippen MR) is 177 cm³/mol. The topological polar surface area (TPSA) is 82.6 Å². The van der Waals surface area contributed by atoms with E-state index in [2.05, 4.69) is 5.32 Å². The summed E-state index contributed by atoms with van der Waals surface area (Å²) in [5.41, 5.74) is 0.972. The van der Waals surface area contributed by atoms with Gasteiger partial charge in [0.2, 0.25) is 0 Å². The molecular weight excluding hydrogens is 682 g/mol. The van der Waals surface area contributed by atoms with Gasteiger partial charge in [-0.15, -0.1) is 0 Å². The van der Waals surface area contributed by atoms with Crippen molar-refractivity contribution in [1.82, 2.24) is 20.1 Å². The quantitative estimate of drug-likeness (QED) is 0.186. The molecule has 4 aromatic rings. The standard InChI is InChI=1S/C36H36F6N4O3S/c1-50(48,49)27-10-11-30-28(19-27)31(34(47)44-33(36(40,41)42)24-7-3-2-4-8-24)29(32(43-30)25-9-5-6-23(18-25)20-37)21-45-15-12-26(13-16-45)46-17-14-35(38,39)22-46/h2-11,18-19,26,33H,12-17,20-22H2,1H3,(H,44,47)/t33-/m1/s1. The summed E-state index contributed by atoms with van der Waals surface area (Å²) in [6.45, 7) is 0.0824. The van der Waals surface area contributed by atoms with E-state index in [-0.39, 0.29) is 70.3 Å². The fourth-order valence-electron chi connectivity index (χ4n) is 6.91. The fourth-order valence-corrected chi connectivity index (χ4v) is 7.56. The second kappa shape index (κ2) is 14.0. The molecule has 1 amide bonds. The molecule has 2 saturated heterocycles. The molecule has 1 aromatic heterocycles. The average Bonchev–Trinajstić information content (AvgIpc) is 3.45. The molecule has 6 rings (SSSR count). The zero-order valence-electron chi connectivity index (χ0n) is 27.2. The predicted octanol–water partition coefficient (Wildman–Crippen LogP) is 7.11. The first-order valence-corrected chi connectivity index (χ1v) is 18.1. The summed E-state index contributed by atoms with van der Waals surface area (Å²) >= 11 is 0. The number of carbonyl (C=O) groups excluding carboxylic acids is 1. The normalized spacial score (nSPS) is 18.4. The maximum absolute atomic E-state index is 14.5. The van der Waals surface area contributed by atoms with Crippen molar-refractivity contribution < 1.29 is 39.6 Å². The number of fused-ring (bicyclic) bond motifs is 1. The lowest BCUT2D eigenvalue weighted by Gasteiger charge is -2.37. The number of rotatable bonds is 9. The third-order valence-electron chi connectivity index (χ3n) is 9.46. The van der Waals surface area contributed by atoms with Crippen LogP contribution < -0.4 is 5.32 Å². The Bertz CT molecular complexity index is 1980. The Morgan fingerprint density at radius 2 is 1.72 bits per heavy atom. The van der Waals surface area contributed by atoms with Gasteiger partial charge in [-0.3, -0.25) is 14.6 Å². The summed E-state index contributed by atoms with van der Waals surface area (Å²) in [6.07, 6.45) is -3.01. The van der Waals surface area contributed by atoms with Gasteiger partial charge in [0.15, 0.2) is 15.9 Å². The summed E-state index contributed by atoms with van der Waals surface area (Å²) in [4.78, 5) is 22.8. The Labute approximate surface area is 286 Å². The highest BCUT2D eigenvalue weighted by molar-refractivity contribution is 7.90. The Morgan fingerprint density at radius 3 is 2.34 bits per heavy atom. The monoisotopic (exact) mass is 718 g/mol. The minimum Gasteiger partial charge on any atom is -0.337 e. The number of nitrogens with zero attached hydrogens (tertiary/aromatic N) is 3. The second-order valence-electron chi connectivity index (χ2n) is 13.0. The summed E-state index contributed by atoms with van der Waals surface area (Å²) in [5, 5.41) is 2.21. The Morgan fingerprint density at radius 1 is 1.00 bits per heavy atom. The summed E-state index contributed by atoms with van der Waals surface area (Å²) in [5.74, 6) is -3.83. The van der Waals surface area contributed by atoms with Crippen LogP contribution in [0.2, 0.25) is 0 Å². The van der Waals surface area contributed by atoms with Gasteiger partial charge in [0, 0.05) is 48.3 Å². The smallest absolute Gasteiger partial charge is 0.337 e. The van der Waals surface area contributed by atoms with E-state index < -0.39 is 40.6 Å².